The Morgan fingerprint density at radius 2 is 2.18 bits per heavy atom. The molecule has 1 saturated heterocycles. The Labute approximate surface area is 104 Å². The maximum atomic E-state index is 5.53. The summed E-state index contributed by atoms with van der Waals surface area (Å²) in [5.41, 5.74) is 1.34. The molecule has 0 bridgehead atoms. The van der Waals surface area contributed by atoms with Gasteiger partial charge in [0, 0.05) is 25.7 Å². The van der Waals surface area contributed by atoms with E-state index in [1.54, 1.807) is 0 Å². The number of hydrogen-bond donors (Lipinski definition) is 1. The van der Waals surface area contributed by atoms with Crippen molar-refractivity contribution < 1.29 is 4.74 Å². The summed E-state index contributed by atoms with van der Waals surface area (Å²) >= 11 is 0. The summed E-state index contributed by atoms with van der Waals surface area (Å²) in [6, 6.07) is 9.13. The van der Waals surface area contributed by atoms with Crippen LogP contribution in [0, 0.1) is 0 Å². The zero-order valence-electron chi connectivity index (χ0n) is 10.8. The molecule has 1 aliphatic rings. The van der Waals surface area contributed by atoms with Crippen molar-refractivity contribution in [3.63, 3.8) is 0 Å². The van der Waals surface area contributed by atoms with Gasteiger partial charge in [0.15, 0.2) is 0 Å². The van der Waals surface area contributed by atoms with E-state index in [-0.39, 0.29) is 0 Å². The van der Waals surface area contributed by atoms with E-state index in [2.05, 4.69) is 35.3 Å². The molecule has 2 rings (SSSR count). The molecule has 0 spiro atoms. The molecule has 94 valence electrons. The average molecular weight is 234 g/mol. The molecule has 0 aliphatic carbocycles. The number of rotatable bonds is 6. The van der Waals surface area contributed by atoms with E-state index in [1.165, 1.54) is 5.56 Å². The maximum Gasteiger partial charge on any atom is 0.119 e. The number of hydrogen-bond acceptors (Lipinski definition) is 3. The Balaban J connectivity index is 1.98. The first-order valence-corrected chi connectivity index (χ1v) is 6.50. The highest BCUT2D eigenvalue weighted by atomic mass is 16.5. The molecule has 0 amide bonds. The summed E-state index contributed by atoms with van der Waals surface area (Å²) in [5, 5.41) is 3.33. The zero-order valence-corrected chi connectivity index (χ0v) is 10.8. The van der Waals surface area contributed by atoms with Crippen LogP contribution in [-0.2, 0) is 6.54 Å². The minimum Gasteiger partial charge on any atom is -0.494 e. The van der Waals surface area contributed by atoms with Crippen molar-refractivity contribution in [1.29, 1.82) is 0 Å². The van der Waals surface area contributed by atoms with Gasteiger partial charge in [-0.2, -0.15) is 0 Å². The van der Waals surface area contributed by atoms with Gasteiger partial charge in [-0.1, -0.05) is 19.1 Å². The van der Waals surface area contributed by atoms with Gasteiger partial charge in [0.05, 0.1) is 6.61 Å². The third kappa shape index (κ3) is 3.20. The predicted molar refractivity (Wildman–Crippen MR) is 70.4 cm³/mol. The molecular formula is C14H22N2O. The second-order valence-corrected chi connectivity index (χ2v) is 4.46. The minimum absolute atomic E-state index is 0.704. The van der Waals surface area contributed by atoms with Crippen molar-refractivity contribution in [1.82, 2.24) is 10.2 Å². The zero-order chi connectivity index (χ0) is 12.1. The fourth-order valence-electron chi connectivity index (χ4n) is 2.17. The summed E-state index contributed by atoms with van der Waals surface area (Å²) in [4.78, 5) is 2.52. The van der Waals surface area contributed by atoms with Crippen LogP contribution in [0.1, 0.15) is 19.4 Å². The van der Waals surface area contributed by atoms with Crippen LogP contribution in [0.3, 0.4) is 0 Å². The Morgan fingerprint density at radius 1 is 1.35 bits per heavy atom. The molecule has 1 aromatic rings. The first kappa shape index (κ1) is 12.4. The topological polar surface area (TPSA) is 24.5 Å². The summed E-state index contributed by atoms with van der Waals surface area (Å²) in [6.45, 7) is 9.34. The van der Waals surface area contributed by atoms with Gasteiger partial charge in [0.1, 0.15) is 5.75 Å². The number of likely N-dealkylation sites (N-methyl/N-ethyl adjacent to an activating group) is 1. The maximum absolute atomic E-state index is 5.53. The lowest BCUT2D eigenvalue weighted by Gasteiger charge is -2.37. The second-order valence-electron chi connectivity index (χ2n) is 4.46. The summed E-state index contributed by atoms with van der Waals surface area (Å²) < 4.78 is 5.53. The standard InChI is InChI=1S/C14H22N2O/c1-3-16(13-9-15-10-13)11-12-6-5-7-14(8-12)17-4-2/h5-8,13,15H,3-4,9-11H2,1-2H3. The highest BCUT2D eigenvalue weighted by molar-refractivity contribution is 5.28. The fraction of sp³-hybridized carbons (Fsp3) is 0.571. The monoisotopic (exact) mass is 234 g/mol. The van der Waals surface area contributed by atoms with Crippen LogP contribution in [0.2, 0.25) is 0 Å². The van der Waals surface area contributed by atoms with Gasteiger partial charge < -0.3 is 10.1 Å². The molecule has 1 aliphatic heterocycles. The predicted octanol–water partition coefficient (Wildman–Crippen LogP) is 1.88. The van der Waals surface area contributed by atoms with E-state index in [9.17, 15) is 0 Å². The molecule has 1 fully saturated rings. The Bertz CT molecular complexity index is 350. The van der Waals surface area contributed by atoms with Crippen molar-refractivity contribution >= 4 is 0 Å². The number of nitrogens with one attached hydrogen (secondary N) is 1. The third-order valence-corrected chi connectivity index (χ3v) is 3.28. The first-order valence-electron chi connectivity index (χ1n) is 6.50. The quantitative estimate of drug-likeness (QED) is 0.813. The van der Waals surface area contributed by atoms with Crippen LogP contribution in [0.15, 0.2) is 24.3 Å². The highest BCUT2D eigenvalue weighted by Gasteiger charge is 2.23. The van der Waals surface area contributed by atoms with E-state index < -0.39 is 0 Å². The Morgan fingerprint density at radius 3 is 2.76 bits per heavy atom. The van der Waals surface area contributed by atoms with Gasteiger partial charge in [0.2, 0.25) is 0 Å². The van der Waals surface area contributed by atoms with Crippen LogP contribution < -0.4 is 10.1 Å². The summed E-state index contributed by atoms with van der Waals surface area (Å²) in [6.07, 6.45) is 0. The lowest BCUT2D eigenvalue weighted by atomic mass is 10.1. The van der Waals surface area contributed by atoms with Crippen LogP contribution in [0.4, 0.5) is 0 Å². The van der Waals surface area contributed by atoms with E-state index in [0.29, 0.717) is 6.04 Å². The van der Waals surface area contributed by atoms with Crippen molar-refractivity contribution in [3.8, 4) is 5.75 Å². The van der Waals surface area contributed by atoms with Crippen LogP contribution in [0.5, 0.6) is 5.75 Å². The van der Waals surface area contributed by atoms with Crippen molar-refractivity contribution in [2.45, 2.75) is 26.4 Å². The van der Waals surface area contributed by atoms with Gasteiger partial charge >= 0.3 is 0 Å². The van der Waals surface area contributed by atoms with E-state index >= 15 is 0 Å². The molecular weight excluding hydrogens is 212 g/mol. The summed E-state index contributed by atoms with van der Waals surface area (Å²) in [7, 11) is 0. The lowest BCUT2D eigenvalue weighted by molar-refractivity contribution is 0.145. The normalized spacial score (nSPS) is 15.9. The number of ether oxygens (including phenoxy) is 1. The Hall–Kier alpha value is -1.06. The van der Waals surface area contributed by atoms with Crippen molar-refractivity contribution in [2.75, 3.05) is 26.2 Å². The molecule has 3 heteroatoms. The molecule has 0 unspecified atom stereocenters. The molecule has 3 nitrogen and oxygen atoms in total. The third-order valence-electron chi connectivity index (χ3n) is 3.28. The summed E-state index contributed by atoms with van der Waals surface area (Å²) in [5.74, 6) is 0.979. The first-order chi connectivity index (χ1) is 8.33. The Kier molecular flexibility index (Phi) is 4.40. The van der Waals surface area contributed by atoms with Gasteiger partial charge in [0.25, 0.3) is 0 Å². The van der Waals surface area contributed by atoms with E-state index in [0.717, 1.165) is 38.5 Å². The van der Waals surface area contributed by atoms with Gasteiger partial charge in [-0.3, -0.25) is 4.90 Å². The second kappa shape index (κ2) is 6.03. The largest absolute Gasteiger partial charge is 0.494 e. The molecule has 0 atom stereocenters. The number of nitrogens with zero attached hydrogens (tertiary/aromatic N) is 1. The molecule has 0 saturated carbocycles. The van der Waals surface area contributed by atoms with Crippen LogP contribution in [0.25, 0.3) is 0 Å². The molecule has 1 aromatic carbocycles. The van der Waals surface area contributed by atoms with Crippen molar-refractivity contribution in [3.05, 3.63) is 29.8 Å². The minimum atomic E-state index is 0.704. The van der Waals surface area contributed by atoms with E-state index in [4.69, 9.17) is 4.74 Å². The molecule has 0 aromatic heterocycles. The van der Waals surface area contributed by atoms with Crippen molar-refractivity contribution in [2.24, 2.45) is 0 Å². The highest BCUT2D eigenvalue weighted by Crippen LogP contribution is 2.16. The molecule has 0 radical (unpaired) electrons. The average Bonchev–Trinajstić information content (AvgIpc) is 2.27. The van der Waals surface area contributed by atoms with Gasteiger partial charge in [-0.05, 0) is 31.2 Å². The molecule has 1 heterocycles. The molecule has 1 N–H and O–H groups in total. The van der Waals surface area contributed by atoms with Crippen LogP contribution in [-0.4, -0.2) is 37.2 Å². The van der Waals surface area contributed by atoms with Gasteiger partial charge in [-0.15, -0.1) is 0 Å². The van der Waals surface area contributed by atoms with Gasteiger partial charge in [-0.25, -0.2) is 0 Å². The smallest absolute Gasteiger partial charge is 0.119 e. The van der Waals surface area contributed by atoms with E-state index in [1.807, 2.05) is 13.0 Å². The van der Waals surface area contributed by atoms with Crippen LogP contribution >= 0.6 is 0 Å². The SMILES string of the molecule is CCOc1cccc(CN(CC)C2CNC2)c1. The fourth-order valence-corrected chi connectivity index (χ4v) is 2.17. The lowest BCUT2D eigenvalue weighted by Crippen LogP contribution is -2.56. The number of benzene rings is 1. The molecule has 17 heavy (non-hydrogen) atoms.